The van der Waals surface area contributed by atoms with E-state index in [4.69, 9.17) is 14.0 Å². The minimum Gasteiger partial charge on any atom is -0.454 e. The topological polar surface area (TPSA) is 70.3 Å². The number of fused-ring (bicyclic) bond motifs is 1. The Bertz CT molecular complexity index is 815. The Kier molecular flexibility index (Phi) is 3.47. The summed E-state index contributed by atoms with van der Waals surface area (Å²) >= 11 is 3.21. The zero-order valence-electron chi connectivity index (χ0n) is 11.6. The van der Waals surface area contributed by atoms with Crippen molar-refractivity contribution in [1.29, 1.82) is 0 Å². The maximum Gasteiger partial charge on any atom is 0.237 e. The number of hydrogen-bond acceptors (Lipinski definition) is 8. The highest BCUT2D eigenvalue weighted by Crippen LogP contribution is 2.35. The van der Waals surface area contributed by atoms with Crippen molar-refractivity contribution in [1.82, 2.24) is 15.1 Å². The maximum atomic E-state index is 5.36. The number of hydrogen-bond donors (Lipinski definition) is 0. The Labute approximate surface area is 134 Å². The van der Waals surface area contributed by atoms with E-state index in [-0.39, 0.29) is 6.79 Å². The molecule has 0 amide bonds. The van der Waals surface area contributed by atoms with Gasteiger partial charge in [-0.3, -0.25) is 0 Å². The Morgan fingerprint density at radius 1 is 1.23 bits per heavy atom. The van der Waals surface area contributed by atoms with Crippen molar-refractivity contribution in [2.45, 2.75) is 17.0 Å². The van der Waals surface area contributed by atoms with Gasteiger partial charge in [0.2, 0.25) is 18.5 Å². The lowest BCUT2D eigenvalue weighted by atomic mass is 10.2. The molecule has 2 aromatic heterocycles. The molecule has 0 atom stereocenters. The Hall–Kier alpha value is -2.06. The van der Waals surface area contributed by atoms with Crippen molar-refractivity contribution < 1.29 is 14.0 Å². The van der Waals surface area contributed by atoms with Gasteiger partial charge >= 0.3 is 0 Å². The van der Waals surface area contributed by atoms with Crippen molar-refractivity contribution in [2.75, 3.05) is 6.79 Å². The van der Waals surface area contributed by atoms with Crippen LogP contribution in [0, 0.1) is 6.92 Å². The molecule has 0 bridgehead atoms. The van der Waals surface area contributed by atoms with E-state index in [2.05, 4.69) is 15.1 Å². The molecular weight excluding hydrogens is 322 g/mol. The SMILES string of the molecule is Cc1csc(SCc2nc(-c3ccc4c(c3)OCO4)no2)n1. The second-order valence-electron chi connectivity index (χ2n) is 4.62. The predicted molar refractivity (Wildman–Crippen MR) is 82.3 cm³/mol. The van der Waals surface area contributed by atoms with Crippen LogP contribution in [-0.4, -0.2) is 21.9 Å². The van der Waals surface area contributed by atoms with E-state index < -0.39 is 0 Å². The lowest BCUT2D eigenvalue weighted by molar-refractivity contribution is 0.174. The van der Waals surface area contributed by atoms with Gasteiger partial charge in [-0.05, 0) is 25.1 Å². The maximum absolute atomic E-state index is 5.36. The molecule has 0 saturated carbocycles. The molecule has 6 nitrogen and oxygen atoms in total. The van der Waals surface area contributed by atoms with Gasteiger partial charge in [-0.1, -0.05) is 16.9 Å². The van der Waals surface area contributed by atoms with Crippen LogP contribution in [0.15, 0.2) is 32.4 Å². The smallest absolute Gasteiger partial charge is 0.237 e. The molecule has 1 aliphatic rings. The van der Waals surface area contributed by atoms with Crippen molar-refractivity contribution in [3.05, 3.63) is 35.2 Å². The van der Waals surface area contributed by atoms with E-state index in [1.807, 2.05) is 30.5 Å². The molecule has 0 unspecified atom stereocenters. The molecule has 0 spiro atoms. The molecule has 0 N–H and O–H groups in total. The fraction of sp³-hybridized carbons (Fsp3) is 0.214. The summed E-state index contributed by atoms with van der Waals surface area (Å²) in [4.78, 5) is 8.80. The monoisotopic (exact) mass is 333 g/mol. The van der Waals surface area contributed by atoms with Crippen LogP contribution in [-0.2, 0) is 5.75 Å². The molecule has 8 heteroatoms. The fourth-order valence-electron chi connectivity index (χ4n) is 1.99. The zero-order chi connectivity index (χ0) is 14.9. The van der Waals surface area contributed by atoms with Gasteiger partial charge in [0.15, 0.2) is 15.8 Å². The molecule has 1 aromatic carbocycles. The molecule has 22 heavy (non-hydrogen) atoms. The van der Waals surface area contributed by atoms with Crippen LogP contribution in [0.2, 0.25) is 0 Å². The number of benzene rings is 1. The zero-order valence-corrected chi connectivity index (χ0v) is 13.2. The van der Waals surface area contributed by atoms with Gasteiger partial charge in [0.25, 0.3) is 0 Å². The number of aryl methyl sites for hydroxylation is 1. The van der Waals surface area contributed by atoms with Gasteiger partial charge in [0.05, 0.1) is 5.75 Å². The standard InChI is InChI=1S/C14H11N3O3S2/c1-8-5-21-14(15-8)22-6-12-16-13(17-20-12)9-2-3-10-11(4-9)19-7-18-10/h2-5H,6-7H2,1H3. The van der Waals surface area contributed by atoms with E-state index in [9.17, 15) is 0 Å². The van der Waals surface area contributed by atoms with Crippen molar-refractivity contribution >= 4 is 23.1 Å². The molecule has 0 saturated heterocycles. The number of thioether (sulfide) groups is 1. The van der Waals surface area contributed by atoms with E-state index >= 15 is 0 Å². The Balaban J connectivity index is 1.49. The fourth-order valence-corrected chi connectivity index (χ4v) is 3.68. The van der Waals surface area contributed by atoms with E-state index in [0.717, 1.165) is 21.3 Å². The first kappa shape index (κ1) is 13.6. The van der Waals surface area contributed by atoms with Crippen LogP contribution in [0.4, 0.5) is 0 Å². The number of aromatic nitrogens is 3. The number of ether oxygens (including phenoxy) is 2. The van der Waals surface area contributed by atoms with Crippen LogP contribution in [0.25, 0.3) is 11.4 Å². The molecule has 3 aromatic rings. The highest BCUT2D eigenvalue weighted by molar-refractivity contribution is 8.00. The van der Waals surface area contributed by atoms with Gasteiger partial charge in [-0.25, -0.2) is 4.98 Å². The third-order valence-corrected chi connectivity index (χ3v) is 5.14. The van der Waals surface area contributed by atoms with Crippen LogP contribution in [0.1, 0.15) is 11.6 Å². The highest BCUT2D eigenvalue weighted by atomic mass is 32.2. The summed E-state index contributed by atoms with van der Waals surface area (Å²) in [6, 6.07) is 5.59. The molecule has 4 rings (SSSR count). The summed E-state index contributed by atoms with van der Waals surface area (Å²) in [6.45, 7) is 2.23. The molecule has 0 fully saturated rings. The summed E-state index contributed by atoms with van der Waals surface area (Å²) in [7, 11) is 0. The Morgan fingerprint density at radius 3 is 3.00 bits per heavy atom. The minimum absolute atomic E-state index is 0.250. The summed E-state index contributed by atoms with van der Waals surface area (Å²) in [5.74, 6) is 3.17. The second-order valence-corrected chi connectivity index (χ2v) is 6.70. The van der Waals surface area contributed by atoms with Crippen LogP contribution in [0.5, 0.6) is 11.5 Å². The summed E-state index contributed by atoms with van der Waals surface area (Å²) in [5, 5.41) is 6.04. The third kappa shape index (κ3) is 2.67. The van der Waals surface area contributed by atoms with Gasteiger partial charge in [-0.2, -0.15) is 4.98 Å². The number of nitrogens with zero attached hydrogens (tertiary/aromatic N) is 3. The summed E-state index contributed by atoms with van der Waals surface area (Å²) in [5.41, 5.74) is 1.87. The third-order valence-electron chi connectivity index (χ3n) is 3.02. The lowest BCUT2D eigenvalue weighted by Gasteiger charge is -1.97. The summed E-state index contributed by atoms with van der Waals surface area (Å²) < 4.78 is 16.9. The van der Waals surface area contributed by atoms with Crippen molar-refractivity contribution in [3.63, 3.8) is 0 Å². The molecule has 1 aliphatic heterocycles. The quantitative estimate of drug-likeness (QED) is 0.676. The van der Waals surface area contributed by atoms with Crippen LogP contribution in [0.3, 0.4) is 0 Å². The molecule has 3 heterocycles. The van der Waals surface area contributed by atoms with Crippen molar-refractivity contribution in [3.8, 4) is 22.9 Å². The van der Waals surface area contributed by atoms with E-state index in [1.165, 1.54) is 0 Å². The first-order chi connectivity index (χ1) is 10.8. The lowest BCUT2D eigenvalue weighted by Crippen LogP contribution is -1.92. The average Bonchev–Trinajstić information content (AvgIpc) is 3.24. The Morgan fingerprint density at radius 2 is 2.14 bits per heavy atom. The van der Waals surface area contributed by atoms with Gasteiger partial charge in [0, 0.05) is 16.6 Å². The molecule has 112 valence electrons. The predicted octanol–water partition coefficient (Wildman–Crippen LogP) is 3.52. The molecular formula is C14H11N3O3S2. The number of thiazole rings is 1. The highest BCUT2D eigenvalue weighted by Gasteiger charge is 2.16. The van der Waals surface area contributed by atoms with Crippen LogP contribution >= 0.6 is 23.1 Å². The second kappa shape index (κ2) is 5.62. The molecule has 0 radical (unpaired) electrons. The van der Waals surface area contributed by atoms with Gasteiger partial charge in [-0.15, -0.1) is 11.3 Å². The van der Waals surface area contributed by atoms with E-state index in [0.29, 0.717) is 23.2 Å². The number of rotatable bonds is 4. The summed E-state index contributed by atoms with van der Waals surface area (Å²) in [6.07, 6.45) is 0. The largest absolute Gasteiger partial charge is 0.454 e. The van der Waals surface area contributed by atoms with Gasteiger partial charge < -0.3 is 14.0 Å². The van der Waals surface area contributed by atoms with Gasteiger partial charge in [0.1, 0.15) is 0 Å². The van der Waals surface area contributed by atoms with Crippen LogP contribution < -0.4 is 9.47 Å². The van der Waals surface area contributed by atoms with E-state index in [1.54, 1.807) is 23.1 Å². The first-order valence-corrected chi connectivity index (χ1v) is 8.42. The normalized spacial score (nSPS) is 12.8. The minimum atomic E-state index is 0.250. The van der Waals surface area contributed by atoms with Crippen molar-refractivity contribution in [2.24, 2.45) is 0 Å². The first-order valence-electron chi connectivity index (χ1n) is 6.55. The molecule has 0 aliphatic carbocycles. The average molecular weight is 333 g/mol.